The number of phenols is 3. The molecule has 0 spiro atoms. The summed E-state index contributed by atoms with van der Waals surface area (Å²) in [5, 5.41) is 28.7. The highest BCUT2D eigenvalue weighted by atomic mass is 16.5. The maximum atomic E-state index is 12.6. The lowest BCUT2D eigenvalue weighted by Gasteiger charge is -2.14. The van der Waals surface area contributed by atoms with Crippen LogP contribution in [0.4, 0.5) is 0 Å². The van der Waals surface area contributed by atoms with Gasteiger partial charge in [-0.15, -0.1) is 0 Å². The first-order chi connectivity index (χ1) is 10.9. The molecule has 0 aliphatic rings. The van der Waals surface area contributed by atoms with Gasteiger partial charge in [0.15, 0.2) is 28.8 Å². The minimum atomic E-state index is -0.761. The van der Waals surface area contributed by atoms with E-state index in [2.05, 4.69) is 0 Å². The van der Waals surface area contributed by atoms with Crippen molar-refractivity contribution in [2.24, 2.45) is 0 Å². The van der Waals surface area contributed by atoms with Crippen molar-refractivity contribution in [1.82, 2.24) is 0 Å². The molecule has 2 aromatic carbocycles. The van der Waals surface area contributed by atoms with Crippen LogP contribution in [0.15, 0.2) is 24.3 Å². The van der Waals surface area contributed by atoms with Crippen LogP contribution in [0.25, 0.3) is 0 Å². The first-order valence-corrected chi connectivity index (χ1v) is 6.53. The molecule has 2 aromatic rings. The van der Waals surface area contributed by atoms with E-state index in [1.165, 1.54) is 39.5 Å². The number of benzene rings is 2. The largest absolute Gasteiger partial charge is 0.504 e. The summed E-state index contributed by atoms with van der Waals surface area (Å²) in [4.78, 5) is 12.6. The molecule has 0 atom stereocenters. The summed E-state index contributed by atoms with van der Waals surface area (Å²) in [6.07, 6.45) is 0. The summed E-state index contributed by atoms with van der Waals surface area (Å²) in [6, 6.07) is 5.16. The Hall–Kier alpha value is -3.09. The Labute approximate surface area is 132 Å². The first kappa shape index (κ1) is 16.3. The van der Waals surface area contributed by atoms with Crippen molar-refractivity contribution in [3.8, 4) is 34.5 Å². The molecule has 3 N–H and O–H groups in total. The lowest BCUT2D eigenvalue weighted by Crippen LogP contribution is -2.04. The van der Waals surface area contributed by atoms with E-state index >= 15 is 0 Å². The smallest absolute Gasteiger partial charge is 0.203 e. The fraction of sp³-hybridized carbons (Fsp3) is 0.188. The van der Waals surface area contributed by atoms with Crippen LogP contribution in [0.1, 0.15) is 15.9 Å². The number of ketones is 1. The molecule has 122 valence electrons. The molecule has 0 saturated heterocycles. The van der Waals surface area contributed by atoms with E-state index in [1.807, 2.05) is 0 Å². The molecule has 7 nitrogen and oxygen atoms in total. The molecule has 23 heavy (non-hydrogen) atoms. The molecule has 0 heterocycles. The van der Waals surface area contributed by atoms with Crippen molar-refractivity contribution in [1.29, 1.82) is 0 Å². The summed E-state index contributed by atoms with van der Waals surface area (Å²) in [6.45, 7) is 0. The molecular weight excluding hydrogens is 304 g/mol. The number of carbonyl (C=O) groups is 1. The van der Waals surface area contributed by atoms with E-state index in [0.29, 0.717) is 5.75 Å². The summed E-state index contributed by atoms with van der Waals surface area (Å²) < 4.78 is 15.5. The minimum absolute atomic E-state index is 0.153. The Morgan fingerprint density at radius 3 is 1.91 bits per heavy atom. The van der Waals surface area contributed by atoms with Gasteiger partial charge in [0.05, 0.1) is 26.9 Å². The highest BCUT2D eigenvalue weighted by Gasteiger charge is 2.22. The summed E-state index contributed by atoms with van der Waals surface area (Å²) >= 11 is 0. The number of hydrogen-bond acceptors (Lipinski definition) is 7. The predicted molar refractivity (Wildman–Crippen MR) is 81.0 cm³/mol. The molecule has 0 aliphatic carbocycles. The van der Waals surface area contributed by atoms with E-state index in [9.17, 15) is 20.1 Å². The minimum Gasteiger partial charge on any atom is -0.504 e. The molecule has 2 rings (SSSR count). The summed E-state index contributed by atoms with van der Waals surface area (Å²) in [7, 11) is 4.26. The Morgan fingerprint density at radius 2 is 1.43 bits per heavy atom. The van der Waals surface area contributed by atoms with Crippen LogP contribution >= 0.6 is 0 Å². The number of hydrogen-bond donors (Lipinski definition) is 3. The van der Waals surface area contributed by atoms with Crippen LogP contribution < -0.4 is 14.2 Å². The van der Waals surface area contributed by atoms with Gasteiger partial charge in [-0.05, 0) is 24.3 Å². The zero-order valence-electron chi connectivity index (χ0n) is 12.8. The second-order valence-electron chi connectivity index (χ2n) is 4.57. The maximum Gasteiger partial charge on any atom is 0.203 e. The fourth-order valence-electron chi connectivity index (χ4n) is 2.12. The average molecular weight is 320 g/mol. The van der Waals surface area contributed by atoms with Crippen LogP contribution in [0, 0.1) is 0 Å². The molecule has 0 unspecified atom stereocenters. The van der Waals surface area contributed by atoms with Crippen molar-refractivity contribution < 1.29 is 34.3 Å². The highest BCUT2D eigenvalue weighted by Crippen LogP contribution is 2.41. The van der Waals surface area contributed by atoms with Gasteiger partial charge in [-0.3, -0.25) is 4.79 Å². The SMILES string of the molecule is COc1cc(C(=O)c2ccc(O)c(O)c2O)cc(OC)c1OC. The van der Waals surface area contributed by atoms with Gasteiger partial charge < -0.3 is 29.5 Å². The van der Waals surface area contributed by atoms with Gasteiger partial charge in [0, 0.05) is 5.56 Å². The van der Waals surface area contributed by atoms with E-state index in [4.69, 9.17) is 14.2 Å². The fourth-order valence-corrected chi connectivity index (χ4v) is 2.12. The van der Waals surface area contributed by atoms with Crippen molar-refractivity contribution in [2.75, 3.05) is 21.3 Å². The predicted octanol–water partition coefficient (Wildman–Crippen LogP) is 2.06. The molecule has 7 heteroatoms. The Bertz CT molecular complexity index is 727. The third-order valence-corrected chi connectivity index (χ3v) is 3.30. The average Bonchev–Trinajstić information content (AvgIpc) is 2.57. The number of ether oxygens (including phenoxy) is 3. The number of aromatic hydroxyl groups is 3. The van der Waals surface area contributed by atoms with Crippen LogP contribution in [-0.2, 0) is 0 Å². The summed E-state index contributed by atoms with van der Waals surface area (Å²) in [5.74, 6) is -1.70. The molecule has 0 fully saturated rings. The van der Waals surface area contributed by atoms with Crippen molar-refractivity contribution in [2.45, 2.75) is 0 Å². The lowest BCUT2D eigenvalue weighted by molar-refractivity contribution is 0.103. The number of carbonyl (C=O) groups excluding carboxylic acids is 1. The van der Waals surface area contributed by atoms with Gasteiger partial charge >= 0.3 is 0 Å². The van der Waals surface area contributed by atoms with E-state index < -0.39 is 23.0 Å². The van der Waals surface area contributed by atoms with Gasteiger partial charge in [-0.1, -0.05) is 0 Å². The summed E-state index contributed by atoms with van der Waals surface area (Å²) in [5.41, 5.74) is -0.0190. The molecule has 0 bridgehead atoms. The third kappa shape index (κ3) is 2.80. The number of rotatable bonds is 5. The van der Waals surface area contributed by atoms with Crippen LogP contribution in [-0.4, -0.2) is 42.4 Å². The van der Waals surface area contributed by atoms with Crippen molar-refractivity contribution in [3.05, 3.63) is 35.4 Å². The molecule has 0 saturated carbocycles. The monoisotopic (exact) mass is 320 g/mol. The van der Waals surface area contributed by atoms with Gasteiger partial charge in [0.25, 0.3) is 0 Å². The van der Waals surface area contributed by atoms with E-state index in [0.717, 1.165) is 6.07 Å². The maximum absolute atomic E-state index is 12.6. The quantitative estimate of drug-likeness (QED) is 0.572. The van der Waals surface area contributed by atoms with Gasteiger partial charge in [-0.25, -0.2) is 0 Å². The number of phenolic OH excluding ortho intramolecular Hbond substituents is 3. The Balaban J connectivity index is 2.58. The first-order valence-electron chi connectivity index (χ1n) is 6.53. The van der Waals surface area contributed by atoms with Gasteiger partial charge in [0.2, 0.25) is 11.5 Å². The third-order valence-electron chi connectivity index (χ3n) is 3.30. The second-order valence-corrected chi connectivity index (χ2v) is 4.57. The molecule has 0 aliphatic heterocycles. The van der Waals surface area contributed by atoms with Gasteiger partial charge in [0.1, 0.15) is 0 Å². The molecule has 0 aromatic heterocycles. The molecular formula is C16H16O7. The lowest BCUT2D eigenvalue weighted by atomic mass is 10.0. The normalized spacial score (nSPS) is 10.2. The van der Waals surface area contributed by atoms with Crippen LogP contribution in [0.5, 0.6) is 34.5 Å². The number of methoxy groups -OCH3 is 3. The van der Waals surface area contributed by atoms with E-state index in [1.54, 1.807) is 0 Å². The van der Waals surface area contributed by atoms with E-state index in [-0.39, 0.29) is 22.6 Å². The Kier molecular flexibility index (Phi) is 4.49. The zero-order valence-corrected chi connectivity index (χ0v) is 12.8. The van der Waals surface area contributed by atoms with Crippen LogP contribution in [0.3, 0.4) is 0 Å². The second kappa shape index (κ2) is 6.35. The Morgan fingerprint density at radius 1 is 0.870 bits per heavy atom. The topological polar surface area (TPSA) is 105 Å². The molecule has 0 amide bonds. The molecule has 0 radical (unpaired) electrons. The standard InChI is InChI=1S/C16H16O7/c1-21-11-6-8(7-12(22-2)16(11)23-3)13(18)9-4-5-10(17)15(20)14(9)19/h4-7,17,19-20H,1-3H3. The highest BCUT2D eigenvalue weighted by molar-refractivity contribution is 6.11. The van der Waals surface area contributed by atoms with Crippen molar-refractivity contribution in [3.63, 3.8) is 0 Å². The van der Waals surface area contributed by atoms with Gasteiger partial charge in [-0.2, -0.15) is 0 Å². The zero-order chi connectivity index (χ0) is 17.1. The van der Waals surface area contributed by atoms with Crippen molar-refractivity contribution >= 4 is 5.78 Å². The van der Waals surface area contributed by atoms with Crippen LogP contribution in [0.2, 0.25) is 0 Å².